The highest BCUT2D eigenvalue weighted by molar-refractivity contribution is 5.63. The van der Waals surface area contributed by atoms with E-state index in [2.05, 4.69) is 66.5 Å². The largest absolute Gasteiger partial charge is 0.382 e. The molecule has 0 aliphatic carbocycles. The van der Waals surface area contributed by atoms with Gasteiger partial charge in [-0.25, -0.2) is 0 Å². The topological polar surface area (TPSA) is 12.0 Å². The summed E-state index contributed by atoms with van der Waals surface area (Å²) in [5.41, 5.74) is 5.27. The van der Waals surface area contributed by atoms with Crippen molar-refractivity contribution in [3.8, 4) is 0 Å². The Morgan fingerprint density at radius 3 is 2.65 bits per heavy atom. The minimum atomic E-state index is 0.574. The maximum atomic E-state index is 4.23. The molecule has 1 nitrogen and oxygen atoms in total. The van der Waals surface area contributed by atoms with E-state index < -0.39 is 0 Å². The van der Waals surface area contributed by atoms with E-state index in [-0.39, 0.29) is 0 Å². The fourth-order valence-corrected chi connectivity index (χ4v) is 2.88. The second kappa shape index (κ2) is 5.96. The third-order valence-electron chi connectivity index (χ3n) is 4.12. The number of para-hydroxylation sites is 1. The number of benzene rings is 2. The summed E-state index contributed by atoms with van der Waals surface area (Å²) in [5, 5.41) is 3.66. The lowest BCUT2D eigenvalue weighted by Gasteiger charge is -2.27. The Balaban J connectivity index is 1.57. The van der Waals surface area contributed by atoms with Crippen LogP contribution in [0, 0.1) is 0 Å². The molecule has 1 N–H and O–H groups in total. The summed E-state index contributed by atoms with van der Waals surface area (Å²) < 4.78 is 0. The van der Waals surface area contributed by atoms with Crippen molar-refractivity contribution < 1.29 is 0 Å². The Kier molecular flexibility index (Phi) is 3.87. The summed E-state index contributed by atoms with van der Waals surface area (Å²) >= 11 is 0. The average molecular weight is 263 g/mol. The molecule has 2 aromatic carbocycles. The van der Waals surface area contributed by atoms with Crippen LogP contribution in [0.2, 0.25) is 0 Å². The smallest absolute Gasteiger partial charge is 0.0374 e. The van der Waals surface area contributed by atoms with Crippen LogP contribution in [-0.4, -0.2) is 6.04 Å². The van der Waals surface area contributed by atoms with Gasteiger partial charge in [-0.2, -0.15) is 0 Å². The zero-order chi connectivity index (χ0) is 13.8. The molecule has 0 amide bonds. The van der Waals surface area contributed by atoms with E-state index in [1.165, 1.54) is 35.2 Å². The summed E-state index contributed by atoms with van der Waals surface area (Å²) in [6, 6.07) is 19.7. The molecule has 0 aromatic heterocycles. The van der Waals surface area contributed by atoms with Crippen LogP contribution in [0.1, 0.15) is 30.4 Å². The van der Waals surface area contributed by atoms with E-state index in [1.54, 1.807) is 0 Å². The predicted molar refractivity (Wildman–Crippen MR) is 86.9 cm³/mol. The molecule has 2 aromatic rings. The number of hydrogen-bond acceptors (Lipinski definition) is 1. The maximum absolute atomic E-state index is 4.23. The molecule has 1 heteroatoms. The Morgan fingerprint density at radius 1 is 1.05 bits per heavy atom. The Labute approximate surface area is 121 Å². The van der Waals surface area contributed by atoms with Gasteiger partial charge in [0.25, 0.3) is 0 Å². The molecule has 0 saturated carbocycles. The van der Waals surface area contributed by atoms with Crippen molar-refractivity contribution in [1.82, 2.24) is 0 Å². The number of allylic oxidation sites excluding steroid dienone is 1. The van der Waals surface area contributed by atoms with Crippen molar-refractivity contribution in [2.24, 2.45) is 0 Å². The van der Waals surface area contributed by atoms with Gasteiger partial charge in [-0.15, -0.1) is 0 Å². The highest BCUT2D eigenvalue weighted by atomic mass is 14.9. The van der Waals surface area contributed by atoms with Gasteiger partial charge < -0.3 is 5.32 Å². The van der Waals surface area contributed by atoms with E-state index in [9.17, 15) is 0 Å². The zero-order valence-corrected chi connectivity index (χ0v) is 11.8. The van der Waals surface area contributed by atoms with E-state index in [4.69, 9.17) is 0 Å². The fourth-order valence-electron chi connectivity index (χ4n) is 2.88. The standard InChI is InChI=1S/C19H21N/c1-15(16-7-3-2-4-8-16)11-13-18-14-12-17-9-5-6-10-19(17)20-18/h2-10,18,20H,1,11-14H2. The number of anilines is 1. The maximum Gasteiger partial charge on any atom is 0.0374 e. The molecule has 3 rings (SSSR count). The lowest BCUT2D eigenvalue weighted by molar-refractivity contribution is 0.595. The first kappa shape index (κ1) is 13.0. The molecule has 1 aliphatic heterocycles. The van der Waals surface area contributed by atoms with E-state index >= 15 is 0 Å². The van der Waals surface area contributed by atoms with Crippen molar-refractivity contribution in [3.63, 3.8) is 0 Å². The van der Waals surface area contributed by atoms with Crippen molar-refractivity contribution >= 4 is 11.3 Å². The van der Waals surface area contributed by atoms with Crippen LogP contribution in [0.3, 0.4) is 0 Å². The summed E-state index contributed by atoms with van der Waals surface area (Å²) in [4.78, 5) is 0. The van der Waals surface area contributed by atoms with Gasteiger partial charge in [-0.05, 0) is 48.4 Å². The molecular weight excluding hydrogens is 242 g/mol. The van der Waals surface area contributed by atoms with E-state index in [0.29, 0.717) is 6.04 Å². The highest BCUT2D eigenvalue weighted by Crippen LogP contribution is 2.28. The third-order valence-corrected chi connectivity index (χ3v) is 4.12. The Bertz CT molecular complexity index is 586. The van der Waals surface area contributed by atoms with E-state index in [0.717, 1.165) is 12.8 Å². The molecule has 1 heterocycles. The lowest BCUT2D eigenvalue weighted by Crippen LogP contribution is -2.25. The first-order valence-electron chi connectivity index (χ1n) is 7.40. The second-order valence-corrected chi connectivity index (χ2v) is 5.55. The molecule has 1 aliphatic rings. The summed E-state index contributed by atoms with van der Waals surface area (Å²) in [5.74, 6) is 0. The number of fused-ring (bicyclic) bond motifs is 1. The van der Waals surface area contributed by atoms with Crippen LogP contribution in [0.5, 0.6) is 0 Å². The van der Waals surface area contributed by atoms with Crippen LogP contribution >= 0.6 is 0 Å². The molecule has 1 unspecified atom stereocenters. The molecule has 1 atom stereocenters. The monoisotopic (exact) mass is 263 g/mol. The van der Waals surface area contributed by atoms with E-state index in [1.807, 2.05) is 0 Å². The minimum Gasteiger partial charge on any atom is -0.382 e. The Morgan fingerprint density at radius 2 is 1.80 bits per heavy atom. The average Bonchev–Trinajstić information content (AvgIpc) is 2.53. The summed E-state index contributed by atoms with van der Waals surface area (Å²) in [6.07, 6.45) is 4.62. The SMILES string of the molecule is C=C(CCC1CCc2ccccc2N1)c1ccccc1. The van der Waals surface area contributed by atoms with Crippen molar-refractivity contribution in [2.75, 3.05) is 5.32 Å². The molecule has 0 fully saturated rings. The van der Waals surface area contributed by atoms with Gasteiger partial charge >= 0.3 is 0 Å². The molecular formula is C19H21N. The van der Waals surface area contributed by atoms with Crippen molar-refractivity contribution in [1.29, 1.82) is 0 Å². The van der Waals surface area contributed by atoms with Crippen LogP contribution in [0.4, 0.5) is 5.69 Å². The van der Waals surface area contributed by atoms with Gasteiger partial charge in [0, 0.05) is 11.7 Å². The first-order valence-corrected chi connectivity index (χ1v) is 7.40. The van der Waals surface area contributed by atoms with Gasteiger partial charge in [-0.1, -0.05) is 55.1 Å². The van der Waals surface area contributed by atoms with Crippen LogP contribution < -0.4 is 5.32 Å². The molecule has 0 bridgehead atoms. The van der Waals surface area contributed by atoms with Gasteiger partial charge in [0.05, 0.1) is 0 Å². The predicted octanol–water partition coefficient (Wildman–Crippen LogP) is 4.91. The number of rotatable bonds is 4. The summed E-state index contributed by atoms with van der Waals surface area (Å²) in [7, 11) is 0. The normalized spacial score (nSPS) is 17.1. The number of nitrogens with one attached hydrogen (secondary N) is 1. The second-order valence-electron chi connectivity index (χ2n) is 5.55. The first-order chi connectivity index (χ1) is 9.83. The molecule has 102 valence electrons. The molecule has 0 radical (unpaired) electrons. The number of aryl methyl sites for hydroxylation is 1. The number of hydrogen-bond donors (Lipinski definition) is 1. The summed E-state index contributed by atoms with van der Waals surface area (Å²) in [6.45, 7) is 4.23. The van der Waals surface area contributed by atoms with Crippen LogP contribution in [-0.2, 0) is 6.42 Å². The molecule has 0 saturated heterocycles. The van der Waals surface area contributed by atoms with Gasteiger partial charge in [0.2, 0.25) is 0 Å². The lowest BCUT2D eigenvalue weighted by atomic mass is 9.93. The molecule has 0 spiro atoms. The van der Waals surface area contributed by atoms with Gasteiger partial charge in [0.15, 0.2) is 0 Å². The van der Waals surface area contributed by atoms with Gasteiger partial charge in [0.1, 0.15) is 0 Å². The highest BCUT2D eigenvalue weighted by Gasteiger charge is 2.17. The van der Waals surface area contributed by atoms with Crippen LogP contribution in [0.15, 0.2) is 61.2 Å². The van der Waals surface area contributed by atoms with Crippen LogP contribution in [0.25, 0.3) is 5.57 Å². The molecule has 20 heavy (non-hydrogen) atoms. The quantitative estimate of drug-likeness (QED) is 0.826. The minimum absolute atomic E-state index is 0.574. The van der Waals surface area contributed by atoms with Crippen molar-refractivity contribution in [3.05, 3.63) is 72.3 Å². The van der Waals surface area contributed by atoms with Gasteiger partial charge in [-0.3, -0.25) is 0 Å². The Hall–Kier alpha value is -2.02. The fraction of sp³-hybridized carbons (Fsp3) is 0.263. The zero-order valence-electron chi connectivity index (χ0n) is 11.8. The third kappa shape index (κ3) is 2.93. The van der Waals surface area contributed by atoms with Crippen molar-refractivity contribution in [2.45, 2.75) is 31.7 Å².